The van der Waals surface area contributed by atoms with Crippen molar-refractivity contribution >= 4 is 42.4 Å². The van der Waals surface area contributed by atoms with Crippen LogP contribution in [0.25, 0.3) is 16.6 Å². The minimum absolute atomic E-state index is 0.0944. The third-order valence-corrected chi connectivity index (χ3v) is 10.5. The number of esters is 1. The Balaban J connectivity index is 1.74. The molecule has 0 saturated heterocycles. The number of hydrogen-bond donors (Lipinski definition) is 0. The van der Waals surface area contributed by atoms with Crippen molar-refractivity contribution in [2.45, 2.75) is 61.8 Å². The Morgan fingerprint density at radius 1 is 0.977 bits per heavy atom. The van der Waals surface area contributed by atoms with Crippen LogP contribution < -0.4 is 4.74 Å². The Bertz CT molecular complexity index is 1920. The Labute approximate surface area is 258 Å². The Hall–Kier alpha value is -3.96. The van der Waals surface area contributed by atoms with E-state index in [4.69, 9.17) is 9.47 Å². The highest BCUT2D eigenvalue weighted by Crippen LogP contribution is 2.37. The van der Waals surface area contributed by atoms with Crippen LogP contribution in [0.3, 0.4) is 0 Å². The summed E-state index contributed by atoms with van der Waals surface area (Å²) in [5, 5.41) is 0.488. The average molecular weight is 637 g/mol. The third kappa shape index (κ3) is 6.44. The van der Waals surface area contributed by atoms with Gasteiger partial charge in [-0.15, -0.1) is 0 Å². The van der Waals surface area contributed by atoms with E-state index in [9.17, 15) is 21.6 Å². The van der Waals surface area contributed by atoms with Gasteiger partial charge < -0.3 is 9.47 Å². The molecule has 0 spiro atoms. The second kappa shape index (κ2) is 12.2. The molecule has 9 nitrogen and oxygen atoms in total. The van der Waals surface area contributed by atoms with Crippen molar-refractivity contribution in [3.8, 4) is 5.75 Å². The number of aromatic nitrogens is 2. The summed E-state index contributed by atoms with van der Waals surface area (Å²) >= 11 is 0. The van der Waals surface area contributed by atoms with Crippen LogP contribution in [0, 0.1) is 5.92 Å². The largest absolute Gasteiger partial charge is 0.475 e. The predicted molar refractivity (Wildman–Crippen MR) is 169 cm³/mol. The number of nitrogens with zero attached hydrogens (tertiary/aromatic N) is 2. The van der Waals surface area contributed by atoms with E-state index in [0.717, 1.165) is 31.9 Å². The first-order valence-electron chi connectivity index (χ1n) is 14.5. The molecule has 1 saturated carbocycles. The number of fused-ring (bicyclic) bond motifs is 1. The lowest BCUT2D eigenvalue weighted by Gasteiger charge is -2.23. The molecule has 2 aromatic carbocycles. The number of benzene rings is 2. The van der Waals surface area contributed by atoms with Crippen LogP contribution in [0.5, 0.6) is 5.75 Å². The van der Waals surface area contributed by atoms with Gasteiger partial charge in [-0.1, -0.05) is 49.2 Å². The summed E-state index contributed by atoms with van der Waals surface area (Å²) in [5.41, 5.74) is 0.606. The normalized spacial score (nSPS) is 15.0. The monoisotopic (exact) mass is 636 g/mol. The highest BCUT2D eigenvalue weighted by molar-refractivity contribution is 7.90. The second-order valence-electron chi connectivity index (χ2n) is 11.5. The third-order valence-electron chi connectivity index (χ3n) is 7.67. The predicted octanol–water partition coefficient (Wildman–Crippen LogP) is 6.02. The van der Waals surface area contributed by atoms with Crippen molar-refractivity contribution in [3.05, 3.63) is 90.3 Å². The zero-order valence-corrected chi connectivity index (χ0v) is 26.8. The maximum Gasteiger partial charge on any atom is 0.349 e. The van der Waals surface area contributed by atoms with Gasteiger partial charge in [-0.25, -0.2) is 30.6 Å². The van der Waals surface area contributed by atoms with Gasteiger partial charge in [0, 0.05) is 17.2 Å². The molecule has 232 valence electrons. The van der Waals surface area contributed by atoms with Crippen LogP contribution in [-0.2, 0) is 29.4 Å². The number of carbonyl (C=O) groups excluding carboxylic acids is 1. The lowest BCUT2D eigenvalue weighted by molar-refractivity contribution is -0.158. The molecule has 0 bridgehead atoms. The summed E-state index contributed by atoms with van der Waals surface area (Å²) in [4.78, 5) is 17.3. The van der Waals surface area contributed by atoms with E-state index in [2.05, 4.69) is 11.1 Å². The maximum atomic E-state index is 14.3. The molecule has 2 heterocycles. The highest BCUT2D eigenvalue weighted by Gasteiger charge is 2.33. The van der Waals surface area contributed by atoms with Gasteiger partial charge in [-0.3, -0.25) is 0 Å². The fraction of sp³-hybridized carbons (Fsp3) is 0.333. The number of hydrogen-bond acceptors (Lipinski definition) is 8. The molecular formula is C33H36N2O7S2. The van der Waals surface area contributed by atoms with E-state index in [1.807, 2.05) is 0 Å². The van der Waals surface area contributed by atoms with Crippen LogP contribution in [0.2, 0.25) is 0 Å². The van der Waals surface area contributed by atoms with Gasteiger partial charge in [0.1, 0.15) is 5.75 Å². The Kier molecular flexibility index (Phi) is 8.73. The molecule has 0 amide bonds. The van der Waals surface area contributed by atoms with Gasteiger partial charge in [0.25, 0.3) is 10.0 Å². The second-order valence-corrected chi connectivity index (χ2v) is 15.3. The number of rotatable bonds is 10. The lowest BCUT2D eigenvalue weighted by atomic mass is 9.96. The maximum absolute atomic E-state index is 14.3. The quantitative estimate of drug-likeness (QED) is 0.194. The molecule has 4 aromatic rings. The first kappa shape index (κ1) is 31.5. The molecular weight excluding hydrogens is 601 g/mol. The van der Waals surface area contributed by atoms with E-state index in [1.54, 1.807) is 63.2 Å². The summed E-state index contributed by atoms with van der Waals surface area (Å²) in [5.74, 6) is -0.0396. The molecule has 0 aliphatic heterocycles. The van der Waals surface area contributed by atoms with E-state index in [-0.39, 0.29) is 33.7 Å². The van der Waals surface area contributed by atoms with E-state index >= 15 is 0 Å². The van der Waals surface area contributed by atoms with E-state index in [0.29, 0.717) is 22.2 Å². The standard InChI is InChI=1S/C33H36N2O7S2/c1-5-41-32(36)33(2,3)42-26-20-25-21-30(35(31(25)34-22-26)44(39,40)28-13-7-6-8-14-28)29(19-23-11-9-10-12-23)24-15-17-27(18-16-24)43(4,37)38/h6-8,13-23H,5,9-12H2,1-4H3/b29-19+. The number of allylic oxidation sites excluding steroid dienone is 1. The summed E-state index contributed by atoms with van der Waals surface area (Å²) in [6, 6.07) is 18.0. The summed E-state index contributed by atoms with van der Waals surface area (Å²) in [6.07, 6.45) is 8.72. The van der Waals surface area contributed by atoms with E-state index in [1.165, 1.54) is 34.4 Å². The van der Waals surface area contributed by atoms with Gasteiger partial charge in [0.05, 0.1) is 28.3 Å². The molecule has 2 aromatic heterocycles. The van der Waals surface area contributed by atoms with Crippen molar-refractivity contribution < 1.29 is 31.1 Å². The summed E-state index contributed by atoms with van der Waals surface area (Å²) < 4.78 is 65.3. The smallest absolute Gasteiger partial charge is 0.349 e. The zero-order chi connectivity index (χ0) is 31.7. The SMILES string of the molecule is CCOC(=O)C(C)(C)Oc1cnc2c(c1)cc(/C(=C/C1CCCC1)c1ccc(S(C)(=O)=O)cc1)n2S(=O)(=O)c1ccccc1. The van der Waals surface area contributed by atoms with Crippen LogP contribution in [0.15, 0.2) is 88.8 Å². The van der Waals surface area contributed by atoms with Gasteiger partial charge in [-0.2, -0.15) is 0 Å². The highest BCUT2D eigenvalue weighted by atomic mass is 32.2. The van der Waals surface area contributed by atoms with Crippen molar-refractivity contribution in [3.63, 3.8) is 0 Å². The fourth-order valence-electron chi connectivity index (χ4n) is 5.45. The first-order chi connectivity index (χ1) is 20.8. The molecule has 1 aliphatic rings. The van der Waals surface area contributed by atoms with Gasteiger partial charge in [-0.05, 0) is 81.5 Å². The minimum atomic E-state index is -4.14. The van der Waals surface area contributed by atoms with Crippen LogP contribution in [0.1, 0.15) is 57.7 Å². The van der Waals surface area contributed by atoms with Crippen LogP contribution >= 0.6 is 0 Å². The topological polar surface area (TPSA) is 122 Å². The molecule has 1 fully saturated rings. The lowest BCUT2D eigenvalue weighted by Crippen LogP contribution is -2.39. The number of pyridine rings is 1. The average Bonchev–Trinajstić information content (AvgIpc) is 3.64. The Morgan fingerprint density at radius 2 is 1.64 bits per heavy atom. The summed E-state index contributed by atoms with van der Waals surface area (Å²) in [7, 11) is -7.56. The summed E-state index contributed by atoms with van der Waals surface area (Å²) in [6.45, 7) is 5.10. The molecule has 5 rings (SSSR count). The van der Waals surface area contributed by atoms with Crippen molar-refractivity contribution in [2.75, 3.05) is 12.9 Å². The van der Waals surface area contributed by atoms with Gasteiger partial charge in [0.15, 0.2) is 21.1 Å². The van der Waals surface area contributed by atoms with Gasteiger partial charge in [0.2, 0.25) is 0 Å². The van der Waals surface area contributed by atoms with E-state index < -0.39 is 31.4 Å². The zero-order valence-electron chi connectivity index (χ0n) is 25.2. The number of ether oxygens (including phenoxy) is 2. The number of sulfone groups is 1. The molecule has 0 N–H and O–H groups in total. The van der Waals surface area contributed by atoms with Gasteiger partial charge >= 0.3 is 5.97 Å². The molecule has 44 heavy (non-hydrogen) atoms. The molecule has 1 aliphatic carbocycles. The first-order valence-corrected chi connectivity index (χ1v) is 17.9. The molecule has 0 atom stereocenters. The molecule has 0 unspecified atom stereocenters. The molecule has 11 heteroatoms. The minimum Gasteiger partial charge on any atom is -0.475 e. The fourth-order valence-corrected chi connectivity index (χ4v) is 7.58. The molecule has 0 radical (unpaired) electrons. The number of carbonyl (C=O) groups is 1. The van der Waals surface area contributed by atoms with Crippen LogP contribution in [0.4, 0.5) is 0 Å². The van der Waals surface area contributed by atoms with Crippen molar-refractivity contribution in [1.29, 1.82) is 0 Å². The van der Waals surface area contributed by atoms with Crippen molar-refractivity contribution in [1.82, 2.24) is 8.96 Å². The Morgan fingerprint density at radius 3 is 2.25 bits per heavy atom. The van der Waals surface area contributed by atoms with Crippen molar-refractivity contribution in [2.24, 2.45) is 5.92 Å². The van der Waals surface area contributed by atoms with Crippen LogP contribution in [-0.4, -0.2) is 50.2 Å².